The Labute approximate surface area is 126 Å². The quantitative estimate of drug-likeness (QED) is 0.763. The Balaban J connectivity index is 2.27. The van der Waals surface area contributed by atoms with Gasteiger partial charge in [-0.3, -0.25) is 4.98 Å². The molecule has 0 fully saturated rings. The van der Waals surface area contributed by atoms with E-state index in [4.69, 9.17) is 0 Å². The van der Waals surface area contributed by atoms with Gasteiger partial charge in [0.1, 0.15) is 5.60 Å². The second-order valence-electron chi connectivity index (χ2n) is 4.93. The van der Waals surface area contributed by atoms with Crippen molar-refractivity contribution in [2.24, 2.45) is 0 Å². The van der Waals surface area contributed by atoms with Crippen LogP contribution in [0.2, 0.25) is 0 Å². The molecule has 1 N–H and O–H groups in total. The molecule has 0 aliphatic heterocycles. The second-order valence-corrected chi connectivity index (χ2v) is 5.79. The van der Waals surface area contributed by atoms with Crippen molar-refractivity contribution in [3.8, 4) is 0 Å². The minimum atomic E-state index is -1.10. The fourth-order valence-corrected chi connectivity index (χ4v) is 3.17. The van der Waals surface area contributed by atoms with Gasteiger partial charge in [0.05, 0.1) is 5.52 Å². The molecule has 0 bridgehead atoms. The molecule has 0 amide bonds. The van der Waals surface area contributed by atoms with Crippen molar-refractivity contribution >= 4 is 26.8 Å². The molecule has 0 radical (unpaired) electrons. The number of fused-ring (bicyclic) bond motifs is 1. The fraction of sp³-hybridized carbons (Fsp3) is 0.118. The zero-order chi connectivity index (χ0) is 14.2. The molecular weight excluding hydrogens is 314 g/mol. The highest BCUT2D eigenvalue weighted by Gasteiger charge is 2.29. The van der Waals surface area contributed by atoms with E-state index in [2.05, 4.69) is 20.9 Å². The molecule has 3 aromatic rings. The standard InChI is InChI=1S/C17H14BrNO/c1-17(20,13-8-2-3-10-15(13)18)14-9-4-6-12-7-5-11-19-16(12)14/h2-11,20H,1H3. The number of aliphatic hydroxyl groups is 1. The Morgan fingerprint density at radius 3 is 2.45 bits per heavy atom. The molecule has 1 aromatic heterocycles. The van der Waals surface area contributed by atoms with Crippen LogP contribution in [0.15, 0.2) is 65.3 Å². The van der Waals surface area contributed by atoms with Crippen LogP contribution in [-0.4, -0.2) is 10.1 Å². The second kappa shape index (κ2) is 5.00. The predicted molar refractivity (Wildman–Crippen MR) is 84.6 cm³/mol. The Hall–Kier alpha value is -1.71. The highest BCUT2D eigenvalue weighted by atomic mass is 79.9. The topological polar surface area (TPSA) is 33.1 Å². The van der Waals surface area contributed by atoms with Gasteiger partial charge < -0.3 is 5.11 Å². The summed E-state index contributed by atoms with van der Waals surface area (Å²) in [7, 11) is 0. The maximum atomic E-state index is 11.1. The molecule has 0 aliphatic rings. The summed E-state index contributed by atoms with van der Waals surface area (Å²) < 4.78 is 0.887. The number of rotatable bonds is 2. The van der Waals surface area contributed by atoms with Crippen molar-refractivity contribution in [3.05, 3.63) is 76.4 Å². The van der Waals surface area contributed by atoms with Crippen molar-refractivity contribution in [3.63, 3.8) is 0 Å². The van der Waals surface area contributed by atoms with Crippen molar-refractivity contribution in [2.75, 3.05) is 0 Å². The first-order chi connectivity index (χ1) is 9.60. The predicted octanol–water partition coefficient (Wildman–Crippen LogP) is 4.25. The van der Waals surface area contributed by atoms with Crippen molar-refractivity contribution in [1.29, 1.82) is 0 Å². The monoisotopic (exact) mass is 327 g/mol. The van der Waals surface area contributed by atoms with Gasteiger partial charge in [-0.25, -0.2) is 0 Å². The van der Waals surface area contributed by atoms with Gasteiger partial charge >= 0.3 is 0 Å². The molecule has 1 heterocycles. The van der Waals surface area contributed by atoms with E-state index in [1.165, 1.54) is 0 Å². The van der Waals surface area contributed by atoms with Crippen LogP contribution in [0.1, 0.15) is 18.1 Å². The van der Waals surface area contributed by atoms with Crippen molar-refractivity contribution in [2.45, 2.75) is 12.5 Å². The highest BCUT2D eigenvalue weighted by Crippen LogP contribution is 2.36. The molecule has 0 aliphatic carbocycles. The number of nitrogens with zero attached hydrogens (tertiary/aromatic N) is 1. The molecule has 2 nitrogen and oxygen atoms in total. The molecule has 0 spiro atoms. The molecular formula is C17H14BrNO. The van der Waals surface area contributed by atoms with E-state index in [9.17, 15) is 5.11 Å². The SMILES string of the molecule is CC(O)(c1ccccc1Br)c1cccc2cccnc12. The number of para-hydroxylation sites is 1. The van der Waals surface area contributed by atoms with Gasteiger partial charge in [-0.05, 0) is 19.1 Å². The first-order valence-corrected chi connectivity index (χ1v) is 7.21. The molecule has 2 aromatic carbocycles. The van der Waals surface area contributed by atoms with Gasteiger partial charge in [0, 0.05) is 27.2 Å². The smallest absolute Gasteiger partial charge is 0.115 e. The largest absolute Gasteiger partial charge is 0.381 e. The van der Waals surface area contributed by atoms with Gasteiger partial charge in [-0.15, -0.1) is 0 Å². The fourth-order valence-electron chi connectivity index (χ4n) is 2.50. The van der Waals surface area contributed by atoms with E-state index in [-0.39, 0.29) is 0 Å². The zero-order valence-corrected chi connectivity index (χ0v) is 12.6. The highest BCUT2D eigenvalue weighted by molar-refractivity contribution is 9.10. The summed E-state index contributed by atoms with van der Waals surface area (Å²) in [6.45, 7) is 1.80. The van der Waals surface area contributed by atoms with E-state index in [1.54, 1.807) is 13.1 Å². The first kappa shape index (κ1) is 13.3. The van der Waals surface area contributed by atoms with Crippen LogP contribution in [0.4, 0.5) is 0 Å². The van der Waals surface area contributed by atoms with Gasteiger partial charge in [0.2, 0.25) is 0 Å². The number of benzene rings is 2. The van der Waals surface area contributed by atoms with Crippen LogP contribution in [0.3, 0.4) is 0 Å². The van der Waals surface area contributed by atoms with E-state index >= 15 is 0 Å². The van der Waals surface area contributed by atoms with Gasteiger partial charge in [0.15, 0.2) is 0 Å². The van der Waals surface area contributed by atoms with Crippen LogP contribution in [-0.2, 0) is 5.60 Å². The normalized spacial score (nSPS) is 14.2. The lowest BCUT2D eigenvalue weighted by molar-refractivity contribution is 0.103. The van der Waals surface area contributed by atoms with Crippen LogP contribution in [0.25, 0.3) is 10.9 Å². The molecule has 1 unspecified atom stereocenters. The molecule has 3 rings (SSSR count). The minimum absolute atomic E-state index is 0.808. The number of aromatic nitrogens is 1. The lowest BCUT2D eigenvalue weighted by Crippen LogP contribution is -2.24. The summed E-state index contributed by atoms with van der Waals surface area (Å²) in [5, 5.41) is 12.1. The Bertz CT molecular complexity index is 762. The third-order valence-electron chi connectivity index (χ3n) is 3.56. The summed E-state index contributed by atoms with van der Waals surface area (Å²) in [6.07, 6.45) is 1.75. The Morgan fingerprint density at radius 2 is 1.65 bits per heavy atom. The molecule has 100 valence electrons. The maximum absolute atomic E-state index is 11.1. The summed E-state index contributed by atoms with van der Waals surface area (Å²) >= 11 is 3.51. The number of hydrogen-bond donors (Lipinski definition) is 1. The lowest BCUT2D eigenvalue weighted by Gasteiger charge is -2.26. The van der Waals surface area contributed by atoms with E-state index in [1.807, 2.05) is 54.6 Å². The molecule has 0 saturated carbocycles. The van der Waals surface area contributed by atoms with E-state index in [0.29, 0.717) is 0 Å². The van der Waals surface area contributed by atoms with E-state index in [0.717, 1.165) is 26.5 Å². The number of halogens is 1. The van der Waals surface area contributed by atoms with Crippen LogP contribution < -0.4 is 0 Å². The van der Waals surface area contributed by atoms with Gasteiger partial charge in [-0.2, -0.15) is 0 Å². The average Bonchev–Trinajstić information content (AvgIpc) is 2.47. The Kier molecular flexibility index (Phi) is 3.32. The number of hydrogen-bond acceptors (Lipinski definition) is 2. The number of pyridine rings is 1. The third kappa shape index (κ3) is 2.13. The molecule has 20 heavy (non-hydrogen) atoms. The zero-order valence-electron chi connectivity index (χ0n) is 11.0. The average molecular weight is 328 g/mol. The third-order valence-corrected chi connectivity index (χ3v) is 4.25. The summed E-state index contributed by atoms with van der Waals surface area (Å²) in [5.41, 5.74) is 1.37. The Morgan fingerprint density at radius 1 is 0.950 bits per heavy atom. The first-order valence-electron chi connectivity index (χ1n) is 6.42. The van der Waals surface area contributed by atoms with Crippen molar-refractivity contribution < 1.29 is 5.11 Å². The van der Waals surface area contributed by atoms with Crippen LogP contribution >= 0.6 is 15.9 Å². The van der Waals surface area contributed by atoms with Gasteiger partial charge in [0.25, 0.3) is 0 Å². The van der Waals surface area contributed by atoms with Crippen molar-refractivity contribution in [1.82, 2.24) is 4.98 Å². The van der Waals surface area contributed by atoms with Crippen LogP contribution in [0, 0.1) is 0 Å². The van der Waals surface area contributed by atoms with Crippen LogP contribution in [0.5, 0.6) is 0 Å². The van der Waals surface area contributed by atoms with E-state index < -0.39 is 5.60 Å². The molecule has 1 atom stereocenters. The van der Waals surface area contributed by atoms with Gasteiger partial charge in [-0.1, -0.05) is 58.4 Å². The molecule has 3 heteroatoms. The maximum Gasteiger partial charge on any atom is 0.115 e. The molecule has 0 saturated heterocycles. The summed E-state index contributed by atoms with van der Waals surface area (Å²) in [4.78, 5) is 4.43. The summed E-state index contributed by atoms with van der Waals surface area (Å²) in [5.74, 6) is 0. The minimum Gasteiger partial charge on any atom is -0.381 e. The lowest BCUT2D eigenvalue weighted by atomic mass is 9.87. The summed E-state index contributed by atoms with van der Waals surface area (Å²) in [6, 6.07) is 17.5.